The highest BCUT2D eigenvalue weighted by Gasteiger charge is 2.24. The molecule has 0 aliphatic carbocycles. The van der Waals surface area contributed by atoms with E-state index in [9.17, 15) is 9.59 Å². The number of quaternary nitrogens is 2. The lowest BCUT2D eigenvalue weighted by Gasteiger charge is -2.29. The lowest BCUT2D eigenvalue weighted by Crippen LogP contribution is -3.28. The van der Waals surface area contributed by atoms with E-state index in [1.165, 1.54) is 15.4 Å². The Morgan fingerprint density at radius 1 is 1.08 bits per heavy atom. The van der Waals surface area contributed by atoms with Crippen LogP contribution in [0.5, 0.6) is 0 Å². The van der Waals surface area contributed by atoms with Crippen molar-refractivity contribution in [2.75, 3.05) is 51.1 Å². The van der Waals surface area contributed by atoms with E-state index in [1.807, 2.05) is 19.1 Å². The summed E-state index contributed by atoms with van der Waals surface area (Å²) in [5.41, 5.74) is 3.24. The Kier molecular flexibility index (Phi) is 6.75. The van der Waals surface area contributed by atoms with Crippen LogP contribution >= 0.6 is 0 Å². The second kappa shape index (κ2) is 8.80. The summed E-state index contributed by atoms with van der Waals surface area (Å²) in [6.45, 7) is 11.9. The Hall–Kier alpha value is -1.92. The number of nitrogens with one attached hydrogen (secondary N) is 4. The second-order valence-corrected chi connectivity index (χ2v) is 6.71. The summed E-state index contributed by atoms with van der Waals surface area (Å²) >= 11 is 0. The third kappa shape index (κ3) is 5.62. The summed E-state index contributed by atoms with van der Waals surface area (Å²) in [5.74, 6) is 0.113. The van der Waals surface area contributed by atoms with Gasteiger partial charge in [0.15, 0.2) is 6.54 Å². The van der Waals surface area contributed by atoms with Crippen LogP contribution in [0.2, 0.25) is 0 Å². The number of hydrogen-bond acceptors (Lipinski definition) is 2. The van der Waals surface area contributed by atoms with Crippen molar-refractivity contribution < 1.29 is 19.4 Å². The predicted octanol–water partition coefficient (Wildman–Crippen LogP) is -1.84. The normalized spacial score (nSPS) is 20.5. The molecule has 1 aromatic carbocycles. The summed E-state index contributed by atoms with van der Waals surface area (Å²) in [4.78, 5) is 26.0. The molecule has 6 nitrogen and oxygen atoms in total. The smallest absolute Gasteiger partial charge is 0.279 e. The van der Waals surface area contributed by atoms with Crippen LogP contribution in [0.1, 0.15) is 18.1 Å². The monoisotopic (exact) mass is 334 g/mol. The molecular formula is C18H30N4O2+2. The summed E-state index contributed by atoms with van der Waals surface area (Å²) in [5, 5.41) is 5.88. The van der Waals surface area contributed by atoms with Gasteiger partial charge in [-0.25, -0.2) is 0 Å². The van der Waals surface area contributed by atoms with E-state index >= 15 is 0 Å². The zero-order valence-corrected chi connectivity index (χ0v) is 15.0. The topological polar surface area (TPSA) is 67.1 Å². The molecule has 1 heterocycles. The molecule has 1 fully saturated rings. The fourth-order valence-corrected chi connectivity index (χ4v) is 3.11. The number of benzene rings is 1. The Bertz CT molecular complexity index is 580. The first kappa shape index (κ1) is 18.4. The number of amides is 2. The zero-order valence-electron chi connectivity index (χ0n) is 15.0. The SMILES string of the molecule is CC(=O)NCC[NH+]1CC[NH+](CC(=O)Nc2cccc(C)c2C)CC1. The molecule has 0 bridgehead atoms. The maximum absolute atomic E-state index is 12.3. The van der Waals surface area contributed by atoms with Crippen LogP contribution < -0.4 is 20.4 Å². The molecule has 1 saturated heterocycles. The second-order valence-electron chi connectivity index (χ2n) is 6.71. The van der Waals surface area contributed by atoms with Gasteiger partial charge in [0.2, 0.25) is 5.91 Å². The summed E-state index contributed by atoms with van der Waals surface area (Å²) in [6.07, 6.45) is 0. The van der Waals surface area contributed by atoms with Crippen LogP contribution in [-0.2, 0) is 9.59 Å². The molecule has 0 saturated carbocycles. The van der Waals surface area contributed by atoms with Crippen molar-refractivity contribution in [2.45, 2.75) is 20.8 Å². The number of hydrogen-bond donors (Lipinski definition) is 4. The van der Waals surface area contributed by atoms with Crippen molar-refractivity contribution in [3.8, 4) is 0 Å². The first-order valence-electron chi connectivity index (χ1n) is 8.73. The zero-order chi connectivity index (χ0) is 17.5. The Morgan fingerprint density at radius 3 is 2.42 bits per heavy atom. The van der Waals surface area contributed by atoms with E-state index < -0.39 is 0 Å². The molecule has 4 N–H and O–H groups in total. The van der Waals surface area contributed by atoms with Crippen molar-refractivity contribution in [3.63, 3.8) is 0 Å². The van der Waals surface area contributed by atoms with Gasteiger partial charge < -0.3 is 20.4 Å². The molecule has 1 aliphatic heterocycles. The number of rotatable bonds is 6. The third-order valence-electron chi connectivity index (χ3n) is 4.81. The molecule has 6 heteroatoms. The van der Waals surface area contributed by atoms with Gasteiger partial charge >= 0.3 is 0 Å². The fraction of sp³-hybridized carbons (Fsp3) is 0.556. The summed E-state index contributed by atoms with van der Waals surface area (Å²) in [7, 11) is 0. The van der Waals surface area contributed by atoms with Crippen LogP contribution in [0, 0.1) is 13.8 Å². The number of carbonyl (C=O) groups is 2. The summed E-state index contributed by atoms with van der Waals surface area (Å²) < 4.78 is 0. The lowest BCUT2D eigenvalue weighted by molar-refractivity contribution is -1.01. The molecule has 0 atom stereocenters. The molecule has 2 rings (SSSR count). The molecule has 0 radical (unpaired) electrons. The van der Waals surface area contributed by atoms with Crippen LogP contribution in [0.15, 0.2) is 18.2 Å². The molecule has 24 heavy (non-hydrogen) atoms. The van der Waals surface area contributed by atoms with E-state index in [0.29, 0.717) is 6.54 Å². The first-order chi connectivity index (χ1) is 11.5. The molecule has 132 valence electrons. The minimum atomic E-state index is 0.0294. The molecule has 0 spiro atoms. The van der Waals surface area contributed by atoms with E-state index in [4.69, 9.17) is 0 Å². The van der Waals surface area contributed by atoms with Gasteiger partial charge in [0.05, 0.1) is 13.1 Å². The molecule has 2 amide bonds. The predicted molar refractivity (Wildman–Crippen MR) is 94.4 cm³/mol. The van der Waals surface area contributed by atoms with Crippen molar-refractivity contribution >= 4 is 17.5 Å². The van der Waals surface area contributed by atoms with Gasteiger partial charge in [-0.05, 0) is 31.0 Å². The highest BCUT2D eigenvalue weighted by atomic mass is 16.2. The Labute approximate surface area is 144 Å². The Balaban J connectivity index is 1.72. The molecular weight excluding hydrogens is 304 g/mol. The minimum Gasteiger partial charge on any atom is -0.351 e. The van der Waals surface area contributed by atoms with Gasteiger partial charge in [0.25, 0.3) is 5.91 Å². The standard InChI is InChI=1S/C18H28N4O2/c1-14-5-4-6-17(15(14)2)20-18(24)13-22-11-9-21(10-12-22)8-7-19-16(3)23/h4-6H,7-13H2,1-3H3,(H,19,23)(H,20,24)/p+2. The molecule has 1 aromatic rings. The fourth-order valence-electron chi connectivity index (χ4n) is 3.11. The maximum Gasteiger partial charge on any atom is 0.279 e. The van der Waals surface area contributed by atoms with Gasteiger partial charge in [-0.1, -0.05) is 12.1 Å². The molecule has 1 aliphatic rings. The van der Waals surface area contributed by atoms with Crippen LogP contribution in [0.25, 0.3) is 0 Å². The quantitative estimate of drug-likeness (QED) is 0.494. The van der Waals surface area contributed by atoms with Crippen LogP contribution in [0.3, 0.4) is 0 Å². The highest BCUT2D eigenvalue weighted by molar-refractivity contribution is 5.92. The maximum atomic E-state index is 12.3. The van der Waals surface area contributed by atoms with Crippen LogP contribution in [-0.4, -0.2) is 57.6 Å². The average molecular weight is 334 g/mol. The molecule has 0 unspecified atom stereocenters. The number of anilines is 1. The minimum absolute atomic E-state index is 0.0294. The van der Waals surface area contributed by atoms with E-state index in [1.54, 1.807) is 6.92 Å². The van der Waals surface area contributed by atoms with E-state index in [-0.39, 0.29) is 11.8 Å². The first-order valence-corrected chi connectivity index (χ1v) is 8.73. The molecule has 0 aromatic heterocycles. The van der Waals surface area contributed by atoms with Crippen molar-refractivity contribution in [3.05, 3.63) is 29.3 Å². The van der Waals surface area contributed by atoms with Gasteiger partial charge in [-0.15, -0.1) is 0 Å². The van der Waals surface area contributed by atoms with Crippen molar-refractivity contribution in [1.82, 2.24) is 5.32 Å². The number of aryl methyl sites for hydroxylation is 1. The van der Waals surface area contributed by atoms with Crippen molar-refractivity contribution in [2.24, 2.45) is 0 Å². The number of piperazine rings is 1. The van der Waals surface area contributed by atoms with Gasteiger partial charge in [0, 0.05) is 12.6 Å². The average Bonchev–Trinajstić information content (AvgIpc) is 2.53. The third-order valence-corrected chi connectivity index (χ3v) is 4.81. The van der Waals surface area contributed by atoms with Gasteiger partial charge in [-0.3, -0.25) is 9.59 Å². The highest BCUT2D eigenvalue weighted by Crippen LogP contribution is 2.17. The van der Waals surface area contributed by atoms with E-state index in [0.717, 1.165) is 50.5 Å². The Morgan fingerprint density at radius 2 is 1.75 bits per heavy atom. The van der Waals surface area contributed by atoms with Gasteiger partial charge in [-0.2, -0.15) is 0 Å². The van der Waals surface area contributed by atoms with Crippen molar-refractivity contribution in [1.29, 1.82) is 0 Å². The lowest BCUT2D eigenvalue weighted by atomic mass is 10.1. The largest absolute Gasteiger partial charge is 0.351 e. The van der Waals surface area contributed by atoms with Crippen LogP contribution in [0.4, 0.5) is 5.69 Å². The van der Waals surface area contributed by atoms with E-state index in [2.05, 4.69) is 23.6 Å². The number of carbonyl (C=O) groups excluding carboxylic acids is 2. The van der Waals surface area contributed by atoms with Gasteiger partial charge in [0.1, 0.15) is 26.2 Å². The summed E-state index contributed by atoms with van der Waals surface area (Å²) in [6, 6.07) is 5.99.